The Bertz CT molecular complexity index is 815. The highest BCUT2D eigenvalue weighted by Gasteiger charge is 2.25. The zero-order valence-corrected chi connectivity index (χ0v) is 14.6. The molecule has 0 unspecified atom stereocenters. The molecule has 25 heavy (non-hydrogen) atoms. The lowest BCUT2D eigenvalue weighted by Crippen LogP contribution is -2.34. The molecule has 0 bridgehead atoms. The minimum atomic E-state index is 0.463. The third-order valence-corrected chi connectivity index (χ3v) is 4.99. The third kappa shape index (κ3) is 3.39. The zero-order chi connectivity index (χ0) is 17.1. The molecule has 132 valence electrons. The van der Waals surface area contributed by atoms with Crippen molar-refractivity contribution in [2.75, 3.05) is 13.1 Å². The van der Waals surface area contributed by atoms with E-state index in [9.17, 15) is 0 Å². The molecule has 3 aromatic heterocycles. The number of hydrogen-bond acceptors (Lipinski definition) is 6. The summed E-state index contributed by atoms with van der Waals surface area (Å²) in [6, 6.07) is 6.03. The van der Waals surface area contributed by atoms with Crippen LogP contribution in [0.3, 0.4) is 0 Å². The molecule has 3 aromatic rings. The second-order valence-electron chi connectivity index (χ2n) is 6.71. The van der Waals surface area contributed by atoms with Crippen LogP contribution < -0.4 is 0 Å². The summed E-state index contributed by atoms with van der Waals surface area (Å²) in [5.74, 6) is 2.52. The van der Waals surface area contributed by atoms with Gasteiger partial charge >= 0.3 is 0 Å². The molecule has 1 fully saturated rings. The third-order valence-electron chi connectivity index (χ3n) is 4.99. The lowest BCUT2D eigenvalue weighted by Gasteiger charge is -2.30. The molecule has 0 saturated carbocycles. The van der Waals surface area contributed by atoms with Gasteiger partial charge in [0.05, 0.1) is 6.54 Å². The van der Waals surface area contributed by atoms with Gasteiger partial charge in [-0.1, -0.05) is 19.4 Å². The van der Waals surface area contributed by atoms with Gasteiger partial charge in [0, 0.05) is 18.7 Å². The number of likely N-dealkylation sites (tertiary alicyclic amines) is 1. The number of tetrazole rings is 1. The molecule has 1 aliphatic heterocycles. The van der Waals surface area contributed by atoms with E-state index in [1.54, 1.807) is 0 Å². The smallest absolute Gasteiger partial charge is 0.165 e. The highest BCUT2D eigenvalue weighted by atomic mass is 15.5. The SMILES string of the molecule is CCCCn1nnnc1CN1CCC(c2nnc3ccccn23)CC1. The van der Waals surface area contributed by atoms with Gasteiger partial charge in [-0.25, -0.2) is 4.68 Å². The van der Waals surface area contributed by atoms with Crippen molar-refractivity contribution in [1.82, 2.24) is 39.7 Å². The number of nitrogens with zero attached hydrogens (tertiary/aromatic N) is 8. The van der Waals surface area contributed by atoms with E-state index in [0.717, 1.165) is 69.2 Å². The number of rotatable bonds is 6. The van der Waals surface area contributed by atoms with Crippen LogP contribution in [0.2, 0.25) is 0 Å². The van der Waals surface area contributed by atoms with Crippen molar-refractivity contribution in [2.45, 2.75) is 51.6 Å². The zero-order valence-electron chi connectivity index (χ0n) is 14.6. The fourth-order valence-electron chi connectivity index (χ4n) is 3.51. The average molecular weight is 340 g/mol. The van der Waals surface area contributed by atoms with Crippen molar-refractivity contribution in [3.63, 3.8) is 0 Å². The minimum absolute atomic E-state index is 0.463. The summed E-state index contributed by atoms with van der Waals surface area (Å²) in [7, 11) is 0. The molecule has 1 saturated heterocycles. The number of piperidine rings is 1. The Hall–Kier alpha value is -2.35. The van der Waals surface area contributed by atoms with E-state index in [-0.39, 0.29) is 0 Å². The molecule has 4 rings (SSSR count). The van der Waals surface area contributed by atoms with E-state index in [2.05, 4.69) is 48.1 Å². The molecule has 1 aliphatic rings. The van der Waals surface area contributed by atoms with E-state index in [4.69, 9.17) is 0 Å². The van der Waals surface area contributed by atoms with Gasteiger partial charge in [0.1, 0.15) is 5.82 Å². The first-order chi connectivity index (χ1) is 12.3. The Balaban J connectivity index is 1.38. The predicted octanol–water partition coefficient (Wildman–Crippen LogP) is 1.90. The number of pyridine rings is 1. The quantitative estimate of drug-likeness (QED) is 0.682. The summed E-state index contributed by atoms with van der Waals surface area (Å²) in [5.41, 5.74) is 0.926. The van der Waals surface area contributed by atoms with E-state index in [0.29, 0.717) is 5.92 Å². The minimum Gasteiger partial charge on any atom is -0.296 e. The molecule has 0 atom stereocenters. The highest BCUT2D eigenvalue weighted by molar-refractivity contribution is 5.37. The lowest BCUT2D eigenvalue weighted by molar-refractivity contribution is 0.193. The van der Waals surface area contributed by atoms with Gasteiger partial charge in [0.25, 0.3) is 0 Å². The van der Waals surface area contributed by atoms with Crippen molar-refractivity contribution < 1.29 is 0 Å². The Morgan fingerprint density at radius 1 is 1.12 bits per heavy atom. The fourth-order valence-corrected chi connectivity index (χ4v) is 3.51. The monoisotopic (exact) mass is 340 g/mol. The normalized spacial score (nSPS) is 16.7. The maximum absolute atomic E-state index is 4.43. The van der Waals surface area contributed by atoms with Crippen molar-refractivity contribution in [2.24, 2.45) is 0 Å². The summed E-state index contributed by atoms with van der Waals surface area (Å²) in [5, 5.41) is 20.9. The highest BCUT2D eigenvalue weighted by Crippen LogP contribution is 2.27. The van der Waals surface area contributed by atoms with Gasteiger partial charge in [-0.05, 0) is 54.9 Å². The van der Waals surface area contributed by atoms with Crippen molar-refractivity contribution in [3.05, 3.63) is 36.0 Å². The predicted molar refractivity (Wildman–Crippen MR) is 93.0 cm³/mol. The largest absolute Gasteiger partial charge is 0.296 e. The van der Waals surface area contributed by atoms with Crippen LogP contribution in [0.1, 0.15) is 50.2 Å². The van der Waals surface area contributed by atoms with Crippen LogP contribution in [0.4, 0.5) is 0 Å². The summed E-state index contributed by atoms with van der Waals surface area (Å²) in [4.78, 5) is 2.44. The number of hydrogen-bond donors (Lipinski definition) is 0. The number of aryl methyl sites for hydroxylation is 1. The van der Waals surface area contributed by atoms with Gasteiger partial charge in [-0.15, -0.1) is 15.3 Å². The molecule has 8 heteroatoms. The Kier molecular flexibility index (Phi) is 4.69. The standard InChI is InChI=1S/C17H24N8/c1-2-3-10-25-16(19-21-22-25)13-23-11-7-14(8-12-23)17-20-18-15-6-4-5-9-24(15)17/h4-6,9,14H,2-3,7-8,10-13H2,1H3. The Labute approximate surface area is 146 Å². The molecule has 0 N–H and O–H groups in total. The number of fused-ring (bicyclic) bond motifs is 1. The molecule has 0 aliphatic carbocycles. The van der Waals surface area contributed by atoms with E-state index < -0.39 is 0 Å². The van der Waals surface area contributed by atoms with Gasteiger partial charge in [-0.3, -0.25) is 9.30 Å². The van der Waals surface area contributed by atoms with Crippen molar-refractivity contribution in [1.29, 1.82) is 0 Å². The fraction of sp³-hybridized carbons (Fsp3) is 0.588. The summed E-state index contributed by atoms with van der Waals surface area (Å²) in [6.45, 7) is 5.98. The average Bonchev–Trinajstić information content (AvgIpc) is 3.27. The maximum Gasteiger partial charge on any atom is 0.165 e. The summed E-state index contributed by atoms with van der Waals surface area (Å²) >= 11 is 0. The Morgan fingerprint density at radius 3 is 2.84 bits per heavy atom. The Morgan fingerprint density at radius 2 is 2.00 bits per heavy atom. The van der Waals surface area contributed by atoms with Crippen molar-refractivity contribution >= 4 is 5.65 Å². The second kappa shape index (κ2) is 7.26. The molecule has 0 radical (unpaired) electrons. The van der Waals surface area contributed by atoms with E-state index >= 15 is 0 Å². The summed E-state index contributed by atoms with van der Waals surface area (Å²) < 4.78 is 4.06. The topological polar surface area (TPSA) is 77.0 Å². The van der Waals surface area contributed by atoms with Crippen LogP contribution in [-0.4, -0.2) is 52.8 Å². The first-order valence-electron chi connectivity index (χ1n) is 9.12. The van der Waals surface area contributed by atoms with Crippen LogP contribution in [0.5, 0.6) is 0 Å². The molecule has 4 heterocycles. The molecule has 8 nitrogen and oxygen atoms in total. The van der Waals surface area contributed by atoms with Crippen LogP contribution in [0.25, 0.3) is 5.65 Å². The van der Waals surface area contributed by atoms with Crippen LogP contribution >= 0.6 is 0 Å². The molecule has 0 amide bonds. The second-order valence-corrected chi connectivity index (χ2v) is 6.71. The first-order valence-corrected chi connectivity index (χ1v) is 9.12. The van der Waals surface area contributed by atoms with Gasteiger partial charge < -0.3 is 0 Å². The van der Waals surface area contributed by atoms with Crippen LogP contribution in [0, 0.1) is 0 Å². The van der Waals surface area contributed by atoms with Crippen LogP contribution in [-0.2, 0) is 13.1 Å². The van der Waals surface area contributed by atoms with Gasteiger partial charge in [0.2, 0.25) is 0 Å². The summed E-state index contributed by atoms with van der Waals surface area (Å²) in [6.07, 6.45) is 6.49. The lowest BCUT2D eigenvalue weighted by atomic mass is 9.96. The van der Waals surface area contributed by atoms with E-state index in [1.807, 2.05) is 22.9 Å². The van der Waals surface area contributed by atoms with Crippen LogP contribution in [0.15, 0.2) is 24.4 Å². The number of aromatic nitrogens is 7. The van der Waals surface area contributed by atoms with Gasteiger partial charge in [-0.2, -0.15) is 0 Å². The maximum atomic E-state index is 4.43. The number of unbranched alkanes of at least 4 members (excludes halogenated alkanes) is 1. The van der Waals surface area contributed by atoms with Crippen molar-refractivity contribution in [3.8, 4) is 0 Å². The molecular weight excluding hydrogens is 316 g/mol. The molecule has 0 aromatic carbocycles. The first kappa shape index (κ1) is 16.1. The van der Waals surface area contributed by atoms with Gasteiger partial charge in [0.15, 0.2) is 11.5 Å². The van der Waals surface area contributed by atoms with E-state index in [1.165, 1.54) is 0 Å². The molecule has 0 spiro atoms. The molecular formula is C17H24N8.